The number of likely N-dealkylation sites (tertiary alicyclic amines) is 1. The standard InChI is InChI=1S/C17H18N4O3/c18-15(22)12-8-10-21(11-12)17(23)20-14-7-4-9-19-16(14)24-13-5-2-1-3-6-13/h1-7,9,12H,8,10-11H2,(H2,18,22)(H,20,23). The highest BCUT2D eigenvalue weighted by atomic mass is 16.5. The molecule has 1 saturated heterocycles. The van der Waals surface area contributed by atoms with Crippen LogP contribution in [0.1, 0.15) is 6.42 Å². The van der Waals surface area contributed by atoms with Gasteiger partial charge in [-0.2, -0.15) is 0 Å². The van der Waals surface area contributed by atoms with Crippen LogP contribution in [-0.2, 0) is 4.79 Å². The van der Waals surface area contributed by atoms with Crippen molar-refractivity contribution in [2.75, 3.05) is 18.4 Å². The first-order chi connectivity index (χ1) is 11.6. The minimum absolute atomic E-state index is 0.287. The van der Waals surface area contributed by atoms with Crippen molar-refractivity contribution in [3.8, 4) is 11.6 Å². The molecule has 124 valence electrons. The number of primary amides is 1. The van der Waals surface area contributed by atoms with Crippen molar-refractivity contribution >= 4 is 17.6 Å². The molecule has 1 aliphatic heterocycles. The summed E-state index contributed by atoms with van der Waals surface area (Å²) in [5.41, 5.74) is 5.76. The Bertz CT molecular complexity index is 736. The van der Waals surface area contributed by atoms with Gasteiger partial charge in [0, 0.05) is 19.3 Å². The lowest BCUT2D eigenvalue weighted by Crippen LogP contribution is -2.35. The van der Waals surface area contributed by atoms with Crippen molar-refractivity contribution in [3.05, 3.63) is 48.7 Å². The number of hydrogen-bond donors (Lipinski definition) is 2. The van der Waals surface area contributed by atoms with Crippen molar-refractivity contribution < 1.29 is 14.3 Å². The van der Waals surface area contributed by atoms with E-state index in [-0.39, 0.29) is 17.9 Å². The van der Waals surface area contributed by atoms with Gasteiger partial charge in [0.05, 0.1) is 5.92 Å². The van der Waals surface area contributed by atoms with Crippen molar-refractivity contribution in [3.63, 3.8) is 0 Å². The van der Waals surface area contributed by atoms with Crippen molar-refractivity contribution in [1.82, 2.24) is 9.88 Å². The molecule has 1 aliphatic rings. The summed E-state index contributed by atoms with van der Waals surface area (Å²) in [6, 6.07) is 12.3. The molecule has 1 aromatic heterocycles. The number of nitrogens with zero attached hydrogens (tertiary/aromatic N) is 2. The number of benzene rings is 1. The lowest BCUT2D eigenvalue weighted by atomic mass is 10.1. The number of para-hydroxylation sites is 1. The second kappa shape index (κ2) is 6.99. The molecule has 0 aliphatic carbocycles. The average Bonchev–Trinajstić information content (AvgIpc) is 3.08. The van der Waals surface area contributed by atoms with Crippen LogP contribution in [0.15, 0.2) is 48.7 Å². The molecular weight excluding hydrogens is 308 g/mol. The average molecular weight is 326 g/mol. The Kier molecular flexibility index (Phi) is 4.60. The van der Waals surface area contributed by atoms with Crippen molar-refractivity contribution in [1.29, 1.82) is 0 Å². The van der Waals surface area contributed by atoms with E-state index in [1.807, 2.05) is 18.2 Å². The summed E-state index contributed by atoms with van der Waals surface area (Å²) in [6.07, 6.45) is 2.18. The summed E-state index contributed by atoms with van der Waals surface area (Å²) in [5.74, 6) is 0.272. The SMILES string of the molecule is NC(=O)C1CCN(C(=O)Nc2cccnc2Oc2ccccc2)C1. The van der Waals surface area contributed by atoms with Gasteiger partial charge in [-0.25, -0.2) is 9.78 Å². The summed E-state index contributed by atoms with van der Waals surface area (Å²) < 4.78 is 5.71. The molecular formula is C17H18N4O3. The smallest absolute Gasteiger partial charge is 0.322 e. The topological polar surface area (TPSA) is 97.6 Å². The van der Waals surface area contributed by atoms with Crippen LogP contribution in [0.4, 0.5) is 10.5 Å². The molecule has 7 heteroatoms. The number of nitrogens with two attached hydrogens (primary N) is 1. The van der Waals surface area contributed by atoms with Crippen LogP contribution in [0, 0.1) is 5.92 Å². The third-order valence-electron chi connectivity index (χ3n) is 3.85. The molecule has 0 spiro atoms. The zero-order valence-electron chi connectivity index (χ0n) is 13.0. The van der Waals surface area contributed by atoms with Gasteiger partial charge >= 0.3 is 6.03 Å². The molecule has 0 saturated carbocycles. The fourth-order valence-electron chi connectivity index (χ4n) is 2.54. The molecule has 2 aromatic rings. The molecule has 1 unspecified atom stereocenters. The Morgan fingerprint density at radius 1 is 1.21 bits per heavy atom. The highest BCUT2D eigenvalue weighted by Gasteiger charge is 2.30. The van der Waals surface area contributed by atoms with Gasteiger partial charge in [-0.1, -0.05) is 18.2 Å². The van der Waals surface area contributed by atoms with Crippen LogP contribution in [-0.4, -0.2) is 34.9 Å². The Morgan fingerprint density at radius 2 is 2.00 bits per heavy atom. The summed E-state index contributed by atoms with van der Waals surface area (Å²) in [4.78, 5) is 29.3. The minimum atomic E-state index is -0.375. The fourth-order valence-corrected chi connectivity index (χ4v) is 2.54. The quantitative estimate of drug-likeness (QED) is 0.900. The minimum Gasteiger partial charge on any atom is -0.437 e. The van der Waals surface area contributed by atoms with Gasteiger partial charge in [-0.05, 0) is 30.7 Å². The van der Waals surface area contributed by atoms with Crippen LogP contribution in [0.3, 0.4) is 0 Å². The zero-order valence-corrected chi connectivity index (χ0v) is 13.0. The van der Waals surface area contributed by atoms with E-state index in [9.17, 15) is 9.59 Å². The van der Waals surface area contributed by atoms with Crippen LogP contribution in [0.5, 0.6) is 11.6 Å². The predicted octanol–water partition coefficient (Wildman–Crippen LogP) is 2.21. The van der Waals surface area contributed by atoms with E-state index in [1.165, 1.54) is 0 Å². The van der Waals surface area contributed by atoms with E-state index in [0.717, 1.165) is 0 Å². The molecule has 24 heavy (non-hydrogen) atoms. The zero-order chi connectivity index (χ0) is 16.9. The summed E-state index contributed by atoms with van der Waals surface area (Å²) in [6.45, 7) is 0.824. The number of anilines is 1. The van der Waals surface area contributed by atoms with Gasteiger partial charge in [0.2, 0.25) is 11.8 Å². The Labute approximate surface area is 139 Å². The summed E-state index contributed by atoms with van der Waals surface area (Å²) in [5, 5.41) is 2.78. The van der Waals surface area contributed by atoms with Gasteiger partial charge in [-0.3, -0.25) is 4.79 Å². The van der Waals surface area contributed by atoms with E-state index < -0.39 is 0 Å². The molecule has 3 N–H and O–H groups in total. The second-order valence-corrected chi connectivity index (χ2v) is 5.54. The Balaban J connectivity index is 1.69. The van der Waals surface area contributed by atoms with Gasteiger partial charge in [-0.15, -0.1) is 0 Å². The van der Waals surface area contributed by atoms with Crippen LogP contribution in [0.2, 0.25) is 0 Å². The van der Waals surface area contributed by atoms with Gasteiger partial charge in [0.15, 0.2) is 0 Å². The number of carbonyl (C=O) groups is 2. The molecule has 1 atom stereocenters. The lowest BCUT2D eigenvalue weighted by molar-refractivity contribution is -0.121. The normalized spacial score (nSPS) is 16.7. The third kappa shape index (κ3) is 3.62. The monoisotopic (exact) mass is 326 g/mol. The molecule has 0 bridgehead atoms. The molecule has 7 nitrogen and oxygen atoms in total. The largest absolute Gasteiger partial charge is 0.437 e. The first-order valence-electron chi connectivity index (χ1n) is 7.66. The fraction of sp³-hybridized carbons (Fsp3) is 0.235. The van der Waals surface area contributed by atoms with Gasteiger partial charge < -0.3 is 20.7 Å². The number of amides is 3. The number of hydrogen-bond acceptors (Lipinski definition) is 4. The maximum absolute atomic E-state index is 12.4. The molecule has 2 heterocycles. The van der Waals surface area contributed by atoms with Crippen molar-refractivity contribution in [2.24, 2.45) is 11.7 Å². The maximum atomic E-state index is 12.4. The van der Waals surface area contributed by atoms with Crippen LogP contribution < -0.4 is 15.8 Å². The Morgan fingerprint density at radius 3 is 2.71 bits per heavy atom. The van der Waals surface area contributed by atoms with Crippen LogP contribution >= 0.6 is 0 Å². The van der Waals surface area contributed by atoms with E-state index >= 15 is 0 Å². The molecule has 3 amide bonds. The summed E-state index contributed by atoms with van der Waals surface area (Å²) >= 11 is 0. The lowest BCUT2D eigenvalue weighted by Gasteiger charge is -2.18. The molecule has 0 radical (unpaired) electrons. The second-order valence-electron chi connectivity index (χ2n) is 5.54. The molecule has 1 fully saturated rings. The number of aromatic nitrogens is 1. The number of carbonyl (C=O) groups excluding carboxylic acids is 2. The Hall–Kier alpha value is -3.09. The van der Waals surface area contributed by atoms with E-state index in [1.54, 1.807) is 35.4 Å². The molecule has 1 aromatic carbocycles. The third-order valence-corrected chi connectivity index (χ3v) is 3.85. The van der Waals surface area contributed by atoms with Crippen molar-refractivity contribution in [2.45, 2.75) is 6.42 Å². The predicted molar refractivity (Wildman–Crippen MR) is 88.6 cm³/mol. The number of pyridine rings is 1. The highest BCUT2D eigenvalue weighted by Crippen LogP contribution is 2.27. The van der Waals surface area contributed by atoms with E-state index in [4.69, 9.17) is 10.5 Å². The van der Waals surface area contributed by atoms with Crippen LogP contribution in [0.25, 0.3) is 0 Å². The molecule has 3 rings (SSSR count). The number of urea groups is 1. The van der Waals surface area contributed by atoms with Gasteiger partial charge in [0.25, 0.3) is 0 Å². The number of nitrogens with one attached hydrogen (secondary N) is 1. The van der Waals surface area contributed by atoms with E-state index in [2.05, 4.69) is 10.3 Å². The van der Waals surface area contributed by atoms with E-state index in [0.29, 0.717) is 36.8 Å². The highest BCUT2D eigenvalue weighted by molar-refractivity contribution is 5.91. The first kappa shape index (κ1) is 15.8. The maximum Gasteiger partial charge on any atom is 0.322 e. The summed E-state index contributed by atoms with van der Waals surface area (Å²) in [7, 11) is 0. The first-order valence-corrected chi connectivity index (χ1v) is 7.66. The number of ether oxygens (including phenoxy) is 1. The van der Waals surface area contributed by atoms with Gasteiger partial charge in [0.1, 0.15) is 11.4 Å². The number of rotatable bonds is 4.